The van der Waals surface area contributed by atoms with E-state index in [4.69, 9.17) is 9.62 Å². The first-order valence-corrected chi connectivity index (χ1v) is 5.21. The lowest BCUT2D eigenvalue weighted by Crippen LogP contribution is -2.08. The minimum Gasteiger partial charge on any atom is -0.436 e. The van der Waals surface area contributed by atoms with Crippen LogP contribution in [0.4, 0.5) is 0 Å². The van der Waals surface area contributed by atoms with E-state index in [1.54, 1.807) is 0 Å². The molecule has 0 aromatic rings. The Kier molecular flexibility index (Phi) is 10.0. The van der Waals surface area contributed by atoms with E-state index in [0.717, 1.165) is 25.7 Å². The molecule has 0 amide bonds. The van der Waals surface area contributed by atoms with E-state index in [9.17, 15) is 4.79 Å². The molecule has 84 valence electrons. The van der Waals surface area contributed by atoms with Gasteiger partial charge >= 0.3 is 5.97 Å². The van der Waals surface area contributed by atoms with Gasteiger partial charge in [-0.3, -0.25) is 4.79 Å². The maximum absolute atomic E-state index is 10.8. The molecule has 0 fully saturated rings. The molecule has 4 heteroatoms. The van der Waals surface area contributed by atoms with Gasteiger partial charge in [0.15, 0.2) is 0 Å². The Morgan fingerprint density at radius 1 is 1.07 bits per heavy atom. The van der Waals surface area contributed by atoms with Gasteiger partial charge in [-0.05, 0) is 12.8 Å². The van der Waals surface area contributed by atoms with Crippen molar-refractivity contribution in [3.63, 3.8) is 0 Å². The van der Waals surface area contributed by atoms with Crippen molar-refractivity contribution >= 4 is 5.97 Å². The Balaban J connectivity index is 3.01. The highest BCUT2D eigenvalue weighted by molar-refractivity contribution is 5.69. The van der Waals surface area contributed by atoms with Crippen LogP contribution in [-0.4, -0.2) is 19.4 Å². The van der Waals surface area contributed by atoms with Crippen molar-refractivity contribution in [3.05, 3.63) is 0 Å². The topological polar surface area (TPSA) is 44.8 Å². The van der Waals surface area contributed by atoms with Crippen molar-refractivity contribution in [3.8, 4) is 0 Å². The first-order valence-electron chi connectivity index (χ1n) is 5.21. The van der Waals surface area contributed by atoms with Crippen molar-refractivity contribution in [1.29, 1.82) is 0 Å². The van der Waals surface area contributed by atoms with Crippen LogP contribution in [0.5, 0.6) is 0 Å². The van der Waals surface area contributed by atoms with Crippen molar-refractivity contribution in [1.82, 2.24) is 0 Å². The van der Waals surface area contributed by atoms with Gasteiger partial charge in [0.25, 0.3) is 0 Å². The van der Waals surface area contributed by atoms with Crippen LogP contribution in [0.3, 0.4) is 0 Å². The second-order valence-corrected chi connectivity index (χ2v) is 3.03. The fourth-order valence-corrected chi connectivity index (χ4v) is 0.870. The molecule has 0 aliphatic carbocycles. The average Bonchev–Trinajstić information content (AvgIpc) is 2.17. The minimum absolute atomic E-state index is 0.106. The third kappa shape index (κ3) is 9.48. The van der Waals surface area contributed by atoms with E-state index in [1.165, 1.54) is 0 Å². The summed E-state index contributed by atoms with van der Waals surface area (Å²) in [6, 6.07) is 0. The zero-order valence-corrected chi connectivity index (χ0v) is 9.08. The molecule has 0 unspecified atom stereocenters. The molecule has 0 aromatic heterocycles. The van der Waals surface area contributed by atoms with Crippen LogP contribution in [-0.2, 0) is 19.3 Å². The lowest BCUT2D eigenvalue weighted by molar-refractivity contribution is -0.330. The molecule has 4 nitrogen and oxygen atoms in total. The van der Waals surface area contributed by atoms with Gasteiger partial charge < -0.3 is 4.74 Å². The molecule has 0 atom stereocenters. The van der Waals surface area contributed by atoms with Crippen molar-refractivity contribution in [2.24, 2.45) is 0 Å². The van der Waals surface area contributed by atoms with Gasteiger partial charge in [-0.2, -0.15) is 4.89 Å². The van der Waals surface area contributed by atoms with E-state index in [-0.39, 0.29) is 12.8 Å². The summed E-state index contributed by atoms with van der Waals surface area (Å²) in [5, 5.41) is 0. The number of carbonyl (C=O) groups excluding carboxylic acids is 1. The van der Waals surface area contributed by atoms with Crippen molar-refractivity contribution in [2.45, 2.75) is 46.0 Å². The number of ether oxygens (including phenoxy) is 1. The third-order valence-electron chi connectivity index (χ3n) is 1.64. The number of carbonyl (C=O) groups is 1. The summed E-state index contributed by atoms with van der Waals surface area (Å²) in [5.41, 5.74) is 0. The predicted octanol–water partition coefficient (Wildman–Crippen LogP) is 2.43. The smallest absolute Gasteiger partial charge is 0.307 e. The molecule has 0 aromatic carbocycles. The Bertz CT molecular complexity index is 136. The van der Waals surface area contributed by atoms with Gasteiger partial charge in [-0.15, -0.1) is 0 Å². The number of hydrogen-bond donors (Lipinski definition) is 0. The Labute approximate surface area is 85.5 Å². The molecule has 14 heavy (non-hydrogen) atoms. The molecule has 0 spiro atoms. The van der Waals surface area contributed by atoms with Gasteiger partial charge in [0.2, 0.25) is 6.79 Å². The van der Waals surface area contributed by atoms with E-state index >= 15 is 0 Å². The second-order valence-electron chi connectivity index (χ2n) is 3.03. The molecule has 0 radical (unpaired) electrons. The van der Waals surface area contributed by atoms with Gasteiger partial charge in [0.05, 0.1) is 6.61 Å². The Morgan fingerprint density at radius 3 is 2.50 bits per heavy atom. The summed E-state index contributed by atoms with van der Waals surface area (Å²) in [6.45, 7) is 4.49. The first kappa shape index (κ1) is 13.4. The molecule has 0 bridgehead atoms. The monoisotopic (exact) mass is 204 g/mol. The Morgan fingerprint density at radius 2 is 1.86 bits per heavy atom. The standard InChI is InChI=1S/C10H20O4/c1-3-5-6-8-13-14-9-12-10(11)7-4-2/h3-9H2,1-2H3. The Hall–Kier alpha value is -0.610. The van der Waals surface area contributed by atoms with Crippen LogP contribution in [0.25, 0.3) is 0 Å². The molecule has 0 aliphatic rings. The molecule has 0 rings (SSSR count). The zero-order valence-electron chi connectivity index (χ0n) is 9.08. The van der Waals surface area contributed by atoms with E-state index in [2.05, 4.69) is 11.8 Å². The lowest BCUT2D eigenvalue weighted by atomic mass is 10.3. The van der Waals surface area contributed by atoms with Crippen LogP contribution in [0.15, 0.2) is 0 Å². The number of rotatable bonds is 9. The number of unbranched alkanes of at least 4 members (excludes halogenated alkanes) is 2. The zero-order chi connectivity index (χ0) is 10.6. The largest absolute Gasteiger partial charge is 0.436 e. The summed E-state index contributed by atoms with van der Waals surface area (Å²) in [5.74, 6) is -0.246. The quantitative estimate of drug-likeness (QED) is 0.190. The third-order valence-corrected chi connectivity index (χ3v) is 1.64. The fraction of sp³-hybridized carbons (Fsp3) is 0.900. The molecule has 0 aliphatic heterocycles. The van der Waals surface area contributed by atoms with Crippen LogP contribution >= 0.6 is 0 Å². The van der Waals surface area contributed by atoms with Crippen LogP contribution in [0.1, 0.15) is 46.0 Å². The molecule has 0 heterocycles. The predicted molar refractivity (Wildman–Crippen MR) is 52.4 cm³/mol. The van der Waals surface area contributed by atoms with E-state index in [1.807, 2.05) is 6.92 Å². The van der Waals surface area contributed by atoms with E-state index in [0.29, 0.717) is 13.0 Å². The maximum Gasteiger partial charge on any atom is 0.307 e. The molecular weight excluding hydrogens is 184 g/mol. The fourth-order valence-electron chi connectivity index (χ4n) is 0.870. The molecule has 0 saturated carbocycles. The van der Waals surface area contributed by atoms with Crippen molar-refractivity contribution in [2.75, 3.05) is 13.4 Å². The minimum atomic E-state index is -0.246. The SMILES string of the molecule is CCCCCOOCOC(=O)CCC. The highest BCUT2D eigenvalue weighted by atomic mass is 17.2. The van der Waals surface area contributed by atoms with Gasteiger partial charge in [-0.1, -0.05) is 26.7 Å². The first-order chi connectivity index (χ1) is 6.81. The maximum atomic E-state index is 10.8. The van der Waals surface area contributed by atoms with Crippen LogP contribution in [0, 0.1) is 0 Å². The van der Waals surface area contributed by atoms with E-state index < -0.39 is 0 Å². The van der Waals surface area contributed by atoms with Crippen LogP contribution in [0.2, 0.25) is 0 Å². The summed E-state index contributed by atoms with van der Waals surface area (Å²) in [4.78, 5) is 20.3. The van der Waals surface area contributed by atoms with Crippen LogP contribution < -0.4 is 0 Å². The summed E-state index contributed by atoms with van der Waals surface area (Å²) in [7, 11) is 0. The highest BCUT2D eigenvalue weighted by Crippen LogP contribution is 1.95. The highest BCUT2D eigenvalue weighted by Gasteiger charge is 1.99. The van der Waals surface area contributed by atoms with Gasteiger partial charge in [0.1, 0.15) is 0 Å². The molecular formula is C10H20O4. The lowest BCUT2D eigenvalue weighted by Gasteiger charge is -2.04. The summed E-state index contributed by atoms with van der Waals surface area (Å²) >= 11 is 0. The van der Waals surface area contributed by atoms with Crippen molar-refractivity contribution < 1.29 is 19.3 Å². The molecule has 0 saturated heterocycles. The number of esters is 1. The average molecular weight is 204 g/mol. The normalized spacial score (nSPS) is 10.1. The van der Waals surface area contributed by atoms with Gasteiger partial charge in [0, 0.05) is 6.42 Å². The summed E-state index contributed by atoms with van der Waals surface area (Å²) in [6.07, 6.45) is 4.46. The van der Waals surface area contributed by atoms with Gasteiger partial charge in [-0.25, -0.2) is 4.89 Å². The summed E-state index contributed by atoms with van der Waals surface area (Å²) < 4.78 is 4.70. The second kappa shape index (κ2) is 10.5. The molecule has 0 N–H and O–H groups in total. The number of hydrogen-bond acceptors (Lipinski definition) is 4.